The molecule has 0 heterocycles. The van der Waals surface area contributed by atoms with Gasteiger partial charge in [0, 0.05) is 16.8 Å². The highest BCUT2D eigenvalue weighted by atomic mass is 19.1. The number of benzene rings is 2. The molecule has 0 saturated heterocycles. The van der Waals surface area contributed by atoms with Crippen molar-refractivity contribution in [2.75, 3.05) is 5.32 Å². The second-order valence-electron chi connectivity index (χ2n) is 4.76. The van der Waals surface area contributed by atoms with Crippen LogP contribution in [0.25, 0.3) is 0 Å². The Morgan fingerprint density at radius 2 is 1.86 bits per heavy atom. The Hall–Kier alpha value is -2.69. The molecule has 0 atom stereocenters. The van der Waals surface area contributed by atoms with Crippen LogP contribution in [-0.2, 0) is 0 Å². The van der Waals surface area contributed by atoms with Crippen molar-refractivity contribution in [3.63, 3.8) is 0 Å². The molecular weight excluding hydrogens is 271 g/mol. The van der Waals surface area contributed by atoms with Crippen LogP contribution in [0, 0.1) is 19.7 Å². The fraction of sp³-hybridized carbons (Fsp3) is 0.125. The predicted octanol–water partition coefficient (Wildman–Crippen LogP) is 2.79. The van der Waals surface area contributed by atoms with E-state index < -0.39 is 5.91 Å². The van der Waals surface area contributed by atoms with Crippen LogP contribution in [0.4, 0.5) is 10.1 Å². The summed E-state index contributed by atoms with van der Waals surface area (Å²) in [4.78, 5) is 23.4. The molecule has 0 fully saturated rings. The van der Waals surface area contributed by atoms with Gasteiger partial charge in [0.15, 0.2) is 0 Å². The van der Waals surface area contributed by atoms with Crippen molar-refractivity contribution in [1.82, 2.24) is 0 Å². The topological polar surface area (TPSA) is 72.2 Å². The largest absolute Gasteiger partial charge is 0.366 e. The number of hydrogen-bond donors (Lipinski definition) is 2. The molecule has 0 bridgehead atoms. The number of anilines is 1. The number of carbonyl (C=O) groups is 2. The molecule has 0 aliphatic heterocycles. The van der Waals surface area contributed by atoms with Crippen LogP contribution in [0.5, 0.6) is 0 Å². The van der Waals surface area contributed by atoms with Crippen molar-refractivity contribution in [1.29, 1.82) is 0 Å². The maximum Gasteiger partial charge on any atom is 0.255 e. The molecule has 2 amide bonds. The first-order valence-corrected chi connectivity index (χ1v) is 6.37. The van der Waals surface area contributed by atoms with Gasteiger partial charge in [-0.1, -0.05) is 6.07 Å². The highest BCUT2D eigenvalue weighted by Crippen LogP contribution is 2.20. The Bertz CT molecular complexity index is 726. The molecule has 0 unspecified atom stereocenters. The Morgan fingerprint density at radius 1 is 1.14 bits per heavy atom. The van der Waals surface area contributed by atoms with E-state index in [1.54, 1.807) is 32.0 Å². The zero-order valence-electron chi connectivity index (χ0n) is 11.7. The molecule has 5 heteroatoms. The molecular formula is C16H15FN2O2. The van der Waals surface area contributed by atoms with Crippen LogP contribution in [0.3, 0.4) is 0 Å². The quantitative estimate of drug-likeness (QED) is 0.910. The lowest BCUT2D eigenvalue weighted by molar-refractivity contribution is 0.0995. The lowest BCUT2D eigenvalue weighted by Gasteiger charge is -2.11. The molecule has 0 aliphatic rings. The monoisotopic (exact) mass is 286 g/mol. The molecule has 0 radical (unpaired) electrons. The molecule has 108 valence electrons. The lowest BCUT2D eigenvalue weighted by Crippen LogP contribution is -2.17. The molecule has 3 N–H and O–H groups in total. The number of amides is 2. The molecule has 0 aromatic heterocycles. The Morgan fingerprint density at radius 3 is 2.48 bits per heavy atom. The van der Waals surface area contributed by atoms with Crippen LogP contribution in [0.15, 0.2) is 36.4 Å². The molecule has 2 aromatic rings. The van der Waals surface area contributed by atoms with Crippen LogP contribution in [0.1, 0.15) is 31.8 Å². The highest BCUT2D eigenvalue weighted by molar-refractivity contribution is 6.06. The van der Waals surface area contributed by atoms with E-state index >= 15 is 0 Å². The number of nitrogens with one attached hydrogen (secondary N) is 1. The third-order valence-corrected chi connectivity index (χ3v) is 3.27. The van der Waals surface area contributed by atoms with E-state index in [0.717, 1.165) is 0 Å². The van der Waals surface area contributed by atoms with Gasteiger partial charge in [-0.15, -0.1) is 0 Å². The predicted molar refractivity (Wildman–Crippen MR) is 78.8 cm³/mol. The molecule has 2 aromatic carbocycles. The maximum absolute atomic E-state index is 13.2. The van der Waals surface area contributed by atoms with Crippen molar-refractivity contribution >= 4 is 17.5 Å². The molecule has 21 heavy (non-hydrogen) atoms. The van der Waals surface area contributed by atoms with Crippen molar-refractivity contribution < 1.29 is 14.0 Å². The van der Waals surface area contributed by atoms with Crippen molar-refractivity contribution in [3.05, 3.63) is 64.5 Å². The summed E-state index contributed by atoms with van der Waals surface area (Å²) in [6.45, 7) is 3.29. The standard InChI is InChI=1S/C16H15FN2O2/c1-9-8-11(6-7-13(9)17)16(21)19-14-5-3-4-12(10(14)2)15(18)20/h3-8H,1-2H3,(H2,18,20)(H,19,21). The van der Waals surface area contributed by atoms with Crippen molar-refractivity contribution in [3.8, 4) is 0 Å². The van der Waals surface area contributed by atoms with Crippen LogP contribution < -0.4 is 11.1 Å². The minimum atomic E-state index is -0.554. The van der Waals surface area contributed by atoms with Crippen LogP contribution >= 0.6 is 0 Å². The van der Waals surface area contributed by atoms with Gasteiger partial charge in [0.05, 0.1) is 0 Å². The number of halogens is 1. The smallest absolute Gasteiger partial charge is 0.255 e. The average Bonchev–Trinajstić information content (AvgIpc) is 2.43. The molecule has 2 rings (SSSR count). The molecule has 4 nitrogen and oxygen atoms in total. The van der Waals surface area contributed by atoms with Gasteiger partial charge in [0.1, 0.15) is 5.82 Å². The van der Waals surface area contributed by atoms with Gasteiger partial charge in [0.25, 0.3) is 5.91 Å². The van der Waals surface area contributed by atoms with E-state index in [1.807, 2.05) is 0 Å². The van der Waals surface area contributed by atoms with E-state index in [0.29, 0.717) is 27.9 Å². The van der Waals surface area contributed by atoms with Gasteiger partial charge in [-0.2, -0.15) is 0 Å². The fourth-order valence-corrected chi connectivity index (χ4v) is 2.02. The van der Waals surface area contributed by atoms with E-state index in [9.17, 15) is 14.0 Å². The van der Waals surface area contributed by atoms with Gasteiger partial charge >= 0.3 is 0 Å². The number of nitrogens with two attached hydrogens (primary N) is 1. The summed E-state index contributed by atoms with van der Waals surface area (Å²) in [7, 11) is 0. The zero-order chi connectivity index (χ0) is 15.6. The van der Waals surface area contributed by atoms with E-state index in [2.05, 4.69) is 5.32 Å². The Balaban J connectivity index is 2.29. The third kappa shape index (κ3) is 3.08. The number of carbonyl (C=O) groups excluding carboxylic acids is 2. The zero-order valence-corrected chi connectivity index (χ0v) is 11.7. The first-order valence-electron chi connectivity index (χ1n) is 6.37. The summed E-state index contributed by atoms with van der Waals surface area (Å²) >= 11 is 0. The summed E-state index contributed by atoms with van der Waals surface area (Å²) < 4.78 is 13.2. The lowest BCUT2D eigenvalue weighted by atomic mass is 10.1. The van der Waals surface area contributed by atoms with Crippen LogP contribution in [-0.4, -0.2) is 11.8 Å². The summed E-state index contributed by atoms with van der Waals surface area (Å²) in [6, 6.07) is 9.03. The average molecular weight is 286 g/mol. The highest BCUT2D eigenvalue weighted by Gasteiger charge is 2.12. The number of hydrogen-bond acceptors (Lipinski definition) is 2. The molecule has 0 spiro atoms. The normalized spacial score (nSPS) is 10.2. The van der Waals surface area contributed by atoms with Gasteiger partial charge < -0.3 is 11.1 Å². The van der Waals surface area contributed by atoms with Gasteiger partial charge in [-0.3, -0.25) is 9.59 Å². The number of rotatable bonds is 3. The van der Waals surface area contributed by atoms with Gasteiger partial charge in [0.2, 0.25) is 5.91 Å². The summed E-state index contributed by atoms with van der Waals surface area (Å²) in [5.74, 6) is -1.29. The molecule has 0 saturated carbocycles. The van der Waals surface area contributed by atoms with E-state index in [4.69, 9.17) is 5.73 Å². The van der Waals surface area contributed by atoms with Crippen molar-refractivity contribution in [2.24, 2.45) is 5.73 Å². The number of aryl methyl sites for hydroxylation is 1. The second-order valence-corrected chi connectivity index (χ2v) is 4.76. The molecule has 0 aliphatic carbocycles. The Labute approximate surface area is 121 Å². The summed E-state index contributed by atoms with van der Waals surface area (Å²) in [6.07, 6.45) is 0. The van der Waals surface area contributed by atoms with Gasteiger partial charge in [-0.05, 0) is 55.3 Å². The minimum Gasteiger partial charge on any atom is -0.366 e. The fourth-order valence-electron chi connectivity index (χ4n) is 2.02. The first kappa shape index (κ1) is 14.7. The Kier molecular flexibility index (Phi) is 4.03. The van der Waals surface area contributed by atoms with Crippen LogP contribution in [0.2, 0.25) is 0 Å². The van der Waals surface area contributed by atoms with E-state index in [-0.39, 0.29) is 11.7 Å². The second kappa shape index (κ2) is 5.75. The van der Waals surface area contributed by atoms with Crippen molar-refractivity contribution in [2.45, 2.75) is 13.8 Å². The number of primary amides is 1. The SMILES string of the molecule is Cc1cc(C(=O)Nc2cccc(C(N)=O)c2C)ccc1F. The first-order chi connectivity index (χ1) is 9.90. The summed E-state index contributed by atoms with van der Waals surface area (Å²) in [5.41, 5.74) is 7.45. The summed E-state index contributed by atoms with van der Waals surface area (Å²) in [5, 5.41) is 2.70. The minimum absolute atomic E-state index is 0.345. The third-order valence-electron chi connectivity index (χ3n) is 3.27. The van der Waals surface area contributed by atoms with Gasteiger partial charge in [-0.25, -0.2) is 4.39 Å². The van der Waals surface area contributed by atoms with E-state index in [1.165, 1.54) is 18.2 Å². The maximum atomic E-state index is 13.2.